The molecular formula is C13H15N3O2. The number of aromatic nitrogens is 1. The predicted octanol–water partition coefficient (Wildman–Crippen LogP) is 0.528. The molecule has 0 aromatic carbocycles. The average Bonchev–Trinajstić information content (AvgIpc) is 3.23. The van der Waals surface area contributed by atoms with E-state index in [0.29, 0.717) is 24.8 Å². The monoisotopic (exact) mass is 245 g/mol. The molecule has 1 aliphatic heterocycles. The lowest BCUT2D eigenvalue weighted by Crippen LogP contribution is -2.53. The van der Waals surface area contributed by atoms with Crippen LogP contribution in [-0.4, -0.2) is 52.3 Å². The average molecular weight is 245 g/mol. The molecule has 1 aromatic rings. The molecule has 1 saturated carbocycles. The number of piperazine rings is 1. The van der Waals surface area contributed by atoms with E-state index in [-0.39, 0.29) is 18.4 Å². The van der Waals surface area contributed by atoms with Crippen molar-refractivity contribution in [2.45, 2.75) is 18.9 Å². The van der Waals surface area contributed by atoms with E-state index in [9.17, 15) is 9.59 Å². The van der Waals surface area contributed by atoms with Gasteiger partial charge >= 0.3 is 0 Å². The van der Waals surface area contributed by atoms with Crippen molar-refractivity contribution in [2.75, 3.05) is 19.6 Å². The lowest BCUT2D eigenvalue weighted by molar-refractivity contribution is -0.135. The third-order valence-corrected chi connectivity index (χ3v) is 3.42. The standard InChI is InChI=1S/C13H15N3O2/c17-12-9-15(7-8-16(12)10-4-5-10)13(18)11-3-1-2-6-14-11/h1-3,6,10H,4-5,7-9H2. The van der Waals surface area contributed by atoms with Crippen LogP contribution in [0.1, 0.15) is 23.3 Å². The van der Waals surface area contributed by atoms with Gasteiger partial charge in [-0.3, -0.25) is 14.6 Å². The number of rotatable bonds is 2. The maximum absolute atomic E-state index is 12.1. The quantitative estimate of drug-likeness (QED) is 0.763. The van der Waals surface area contributed by atoms with Crippen LogP contribution in [0, 0.1) is 0 Å². The molecule has 5 nitrogen and oxygen atoms in total. The summed E-state index contributed by atoms with van der Waals surface area (Å²) < 4.78 is 0. The fourth-order valence-corrected chi connectivity index (χ4v) is 2.28. The van der Waals surface area contributed by atoms with Crippen molar-refractivity contribution >= 4 is 11.8 Å². The van der Waals surface area contributed by atoms with Crippen molar-refractivity contribution in [3.63, 3.8) is 0 Å². The van der Waals surface area contributed by atoms with E-state index in [2.05, 4.69) is 4.98 Å². The minimum atomic E-state index is -0.153. The molecule has 1 saturated heterocycles. The maximum Gasteiger partial charge on any atom is 0.272 e. The number of pyridine rings is 1. The summed E-state index contributed by atoms with van der Waals surface area (Å²) in [5.41, 5.74) is 0.408. The van der Waals surface area contributed by atoms with Crippen LogP contribution < -0.4 is 0 Å². The largest absolute Gasteiger partial charge is 0.336 e. The Kier molecular flexibility index (Phi) is 2.74. The fraction of sp³-hybridized carbons (Fsp3) is 0.462. The number of hydrogen-bond acceptors (Lipinski definition) is 3. The van der Waals surface area contributed by atoms with Crippen LogP contribution in [0.2, 0.25) is 0 Å². The molecule has 0 radical (unpaired) electrons. The van der Waals surface area contributed by atoms with Crippen LogP contribution in [-0.2, 0) is 4.79 Å². The minimum Gasteiger partial charge on any atom is -0.336 e. The molecule has 3 rings (SSSR count). The van der Waals surface area contributed by atoms with Gasteiger partial charge in [-0.15, -0.1) is 0 Å². The first-order valence-electron chi connectivity index (χ1n) is 6.25. The first-order chi connectivity index (χ1) is 8.75. The number of nitrogens with zero attached hydrogens (tertiary/aromatic N) is 3. The first-order valence-corrected chi connectivity index (χ1v) is 6.25. The van der Waals surface area contributed by atoms with E-state index in [4.69, 9.17) is 0 Å². The molecule has 94 valence electrons. The topological polar surface area (TPSA) is 53.5 Å². The molecule has 18 heavy (non-hydrogen) atoms. The van der Waals surface area contributed by atoms with Crippen molar-refractivity contribution in [3.05, 3.63) is 30.1 Å². The Morgan fingerprint density at radius 3 is 2.72 bits per heavy atom. The van der Waals surface area contributed by atoms with Gasteiger partial charge in [0.15, 0.2) is 0 Å². The van der Waals surface area contributed by atoms with Gasteiger partial charge in [-0.05, 0) is 25.0 Å². The zero-order valence-electron chi connectivity index (χ0n) is 10.1. The van der Waals surface area contributed by atoms with Gasteiger partial charge in [-0.2, -0.15) is 0 Å². The number of carbonyl (C=O) groups excluding carboxylic acids is 2. The van der Waals surface area contributed by atoms with E-state index in [1.54, 1.807) is 29.3 Å². The Morgan fingerprint density at radius 1 is 1.28 bits per heavy atom. The highest BCUT2D eigenvalue weighted by Crippen LogP contribution is 2.28. The first kappa shape index (κ1) is 11.2. The van der Waals surface area contributed by atoms with Crippen LogP contribution in [0.3, 0.4) is 0 Å². The summed E-state index contributed by atoms with van der Waals surface area (Å²) in [6.07, 6.45) is 3.81. The van der Waals surface area contributed by atoms with E-state index < -0.39 is 0 Å². The zero-order chi connectivity index (χ0) is 12.5. The summed E-state index contributed by atoms with van der Waals surface area (Å²) in [7, 11) is 0. The molecule has 5 heteroatoms. The molecule has 0 bridgehead atoms. The molecular weight excluding hydrogens is 230 g/mol. The molecule has 2 aliphatic rings. The summed E-state index contributed by atoms with van der Waals surface area (Å²) in [4.78, 5) is 31.6. The Labute approximate surface area is 105 Å². The summed E-state index contributed by atoms with van der Waals surface area (Å²) in [5, 5.41) is 0. The third-order valence-electron chi connectivity index (χ3n) is 3.42. The summed E-state index contributed by atoms with van der Waals surface area (Å²) in [5.74, 6) is -0.0903. The van der Waals surface area contributed by atoms with Gasteiger partial charge in [0, 0.05) is 25.3 Å². The second-order valence-corrected chi connectivity index (χ2v) is 4.76. The minimum absolute atomic E-state index is 0.0630. The SMILES string of the molecule is O=C(c1ccccn1)N1CCN(C2CC2)C(=O)C1. The highest BCUT2D eigenvalue weighted by Gasteiger charge is 2.37. The van der Waals surface area contributed by atoms with Crippen LogP contribution in [0.15, 0.2) is 24.4 Å². The Morgan fingerprint density at radius 2 is 2.11 bits per heavy atom. The number of amides is 2. The number of carbonyl (C=O) groups is 2. The molecule has 2 heterocycles. The summed E-state index contributed by atoms with van der Waals surface area (Å²) in [6.45, 7) is 1.45. The highest BCUT2D eigenvalue weighted by atomic mass is 16.2. The lowest BCUT2D eigenvalue weighted by atomic mass is 10.2. The van der Waals surface area contributed by atoms with Gasteiger partial charge in [-0.25, -0.2) is 0 Å². The normalized spacial score (nSPS) is 20.1. The smallest absolute Gasteiger partial charge is 0.272 e. The van der Waals surface area contributed by atoms with E-state index in [0.717, 1.165) is 12.8 Å². The lowest BCUT2D eigenvalue weighted by Gasteiger charge is -2.34. The zero-order valence-corrected chi connectivity index (χ0v) is 10.1. The Bertz CT molecular complexity index is 470. The highest BCUT2D eigenvalue weighted by molar-refractivity contribution is 5.95. The van der Waals surface area contributed by atoms with Crippen LogP contribution >= 0.6 is 0 Å². The molecule has 0 spiro atoms. The second-order valence-electron chi connectivity index (χ2n) is 4.76. The maximum atomic E-state index is 12.1. The van der Waals surface area contributed by atoms with Crippen molar-refractivity contribution in [1.29, 1.82) is 0 Å². The van der Waals surface area contributed by atoms with Gasteiger partial charge in [0.05, 0.1) is 0 Å². The second kappa shape index (κ2) is 4.40. The molecule has 1 aromatic heterocycles. The van der Waals surface area contributed by atoms with Crippen molar-refractivity contribution in [3.8, 4) is 0 Å². The van der Waals surface area contributed by atoms with E-state index in [1.165, 1.54) is 0 Å². The van der Waals surface area contributed by atoms with E-state index >= 15 is 0 Å². The van der Waals surface area contributed by atoms with Gasteiger partial charge in [0.2, 0.25) is 5.91 Å². The van der Waals surface area contributed by atoms with Gasteiger partial charge in [-0.1, -0.05) is 6.07 Å². The molecule has 2 amide bonds. The van der Waals surface area contributed by atoms with Crippen LogP contribution in [0.25, 0.3) is 0 Å². The Hall–Kier alpha value is -1.91. The molecule has 0 N–H and O–H groups in total. The van der Waals surface area contributed by atoms with Crippen LogP contribution in [0.5, 0.6) is 0 Å². The van der Waals surface area contributed by atoms with Gasteiger partial charge in [0.1, 0.15) is 12.2 Å². The predicted molar refractivity (Wildman–Crippen MR) is 64.9 cm³/mol. The summed E-state index contributed by atoms with van der Waals surface area (Å²) >= 11 is 0. The van der Waals surface area contributed by atoms with Crippen molar-refractivity contribution < 1.29 is 9.59 Å². The molecule has 1 aliphatic carbocycles. The third kappa shape index (κ3) is 2.08. The summed E-state index contributed by atoms with van der Waals surface area (Å²) in [6, 6.07) is 5.67. The van der Waals surface area contributed by atoms with Gasteiger partial charge in [0.25, 0.3) is 5.91 Å². The Balaban J connectivity index is 1.68. The number of hydrogen-bond donors (Lipinski definition) is 0. The van der Waals surface area contributed by atoms with Crippen LogP contribution in [0.4, 0.5) is 0 Å². The molecule has 0 atom stereocenters. The van der Waals surface area contributed by atoms with Crippen molar-refractivity contribution in [2.24, 2.45) is 0 Å². The molecule has 2 fully saturated rings. The molecule has 0 unspecified atom stereocenters. The van der Waals surface area contributed by atoms with Gasteiger partial charge < -0.3 is 9.80 Å². The van der Waals surface area contributed by atoms with Crippen molar-refractivity contribution in [1.82, 2.24) is 14.8 Å². The fourth-order valence-electron chi connectivity index (χ4n) is 2.28. The van der Waals surface area contributed by atoms with E-state index in [1.807, 2.05) is 4.90 Å².